The molecule has 2 aliphatic heterocycles. The zero-order valence-corrected chi connectivity index (χ0v) is 15.3. The summed E-state index contributed by atoms with van der Waals surface area (Å²) in [6.07, 6.45) is 2.29. The lowest BCUT2D eigenvalue weighted by Crippen LogP contribution is -2.55. The fraction of sp³-hybridized carbons (Fsp3) is 0.579. The molecule has 1 N–H and O–H groups in total. The van der Waals surface area contributed by atoms with E-state index in [1.165, 1.54) is 6.07 Å². The van der Waals surface area contributed by atoms with Gasteiger partial charge in [-0.05, 0) is 37.0 Å². The lowest BCUT2D eigenvalue weighted by molar-refractivity contribution is -0.142. The lowest BCUT2D eigenvalue weighted by Gasteiger charge is -2.37. The predicted molar refractivity (Wildman–Crippen MR) is 98.6 cm³/mol. The number of nitrogens with zero attached hydrogens (tertiary/aromatic N) is 3. The molecular formula is C19H27FN4O2. The van der Waals surface area contributed by atoms with Gasteiger partial charge in [-0.15, -0.1) is 0 Å². The summed E-state index contributed by atoms with van der Waals surface area (Å²) < 4.78 is 18.7. The number of benzene rings is 1. The van der Waals surface area contributed by atoms with Crippen molar-refractivity contribution in [3.63, 3.8) is 0 Å². The van der Waals surface area contributed by atoms with Crippen LogP contribution in [0.2, 0.25) is 0 Å². The van der Waals surface area contributed by atoms with Crippen LogP contribution in [0.1, 0.15) is 18.4 Å². The van der Waals surface area contributed by atoms with Crippen molar-refractivity contribution in [3.8, 4) is 0 Å². The van der Waals surface area contributed by atoms with E-state index in [0.29, 0.717) is 26.2 Å². The van der Waals surface area contributed by atoms with E-state index in [1.54, 1.807) is 19.2 Å². The van der Waals surface area contributed by atoms with Crippen molar-refractivity contribution < 1.29 is 13.9 Å². The van der Waals surface area contributed by atoms with Gasteiger partial charge in [-0.1, -0.05) is 12.1 Å². The standard InChI is InChI=1S/C19H27FN4O2/c1-21-19(22-8-7-15-4-2-5-16(20)14-15)24-11-9-23(10-12-24)18(25)17-6-3-13-26-17/h2,4-5,14,17H,3,6-13H2,1H3,(H,21,22). The molecule has 26 heavy (non-hydrogen) atoms. The van der Waals surface area contributed by atoms with E-state index in [-0.39, 0.29) is 17.8 Å². The van der Waals surface area contributed by atoms with Gasteiger partial charge in [0.2, 0.25) is 0 Å². The Hall–Kier alpha value is -2.15. The monoisotopic (exact) mass is 362 g/mol. The third-order valence-corrected chi connectivity index (χ3v) is 4.89. The quantitative estimate of drug-likeness (QED) is 0.647. The van der Waals surface area contributed by atoms with Crippen molar-refractivity contribution in [2.75, 3.05) is 46.4 Å². The predicted octanol–water partition coefficient (Wildman–Crippen LogP) is 1.27. The molecule has 1 amide bonds. The number of carbonyl (C=O) groups excluding carboxylic acids is 1. The Bertz CT molecular complexity index is 638. The summed E-state index contributed by atoms with van der Waals surface area (Å²) in [5.41, 5.74) is 0.958. The van der Waals surface area contributed by atoms with Crippen LogP contribution in [-0.2, 0) is 16.0 Å². The molecule has 2 saturated heterocycles. The number of carbonyl (C=O) groups is 1. The van der Waals surface area contributed by atoms with E-state index in [0.717, 1.165) is 43.9 Å². The largest absolute Gasteiger partial charge is 0.368 e. The average molecular weight is 362 g/mol. The normalized spacial score (nSPS) is 21.2. The number of rotatable bonds is 4. The fourth-order valence-corrected chi connectivity index (χ4v) is 3.46. The molecule has 3 rings (SSSR count). The molecule has 2 aliphatic rings. The molecule has 2 fully saturated rings. The van der Waals surface area contributed by atoms with Crippen molar-refractivity contribution in [1.82, 2.24) is 15.1 Å². The van der Waals surface area contributed by atoms with Gasteiger partial charge in [-0.3, -0.25) is 9.79 Å². The van der Waals surface area contributed by atoms with Gasteiger partial charge >= 0.3 is 0 Å². The van der Waals surface area contributed by atoms with Crippen LogP contribution in [0.4, 0.5) is 4.39 Å². The zero-order chi connectivity index (χ0) is 18.4. The van der Waals surface area contributed by atoms with Crippen molar-refractivity contribution in [2.45, 2.75) is 25.4 Å². The molecule has 0 aliphatic carbocycles. The fourth-order valence-electron chi connectivity index (χ4n) is 3.46. The van der Waals surface area contributed by atoms with Gasteiger partial charge in [-0.25, -0.2) is 4.39 Å². The van der Waals surface area contributed by atoms with Crippen molar-refractivity contribution in [1.29, 1.82) is 0 Å². The van der Waals surface area contributed by atoms with Crippen LogP contribution in [0.3, 0.4) is 0 Å². The van der Waals surface area contributed by atoms with Gasteiger partial charge in [-0.2, -0.15) is 0 Å². The van der Waals surface area contributed by atoms with E-state index >= 15 is 0 Å². The van der Waals surface area contributed by atoms with Gasteiger partial charge in [0.1, 0.15) is 11.9 Å². The zero-order valence-electron chi connectivity index (χ0n) is 15.3. The third kappa shape index (κ3) is 4.72. The number of piperazine rings is 1. The highest BCUT2D eigenvalue weighted by molar-refractivity contribution is 5.82. The second-order valence-corrected chi connectivity index (χ2v) is 6.67. The molecule has 0 spiro atoms. The molecule has 1 aromatic carbocycles. The first-order valence-electron chi connectivity index (χ1n) is 9.28. The topological polar surface area (TPSA) is 57.2 Å². The number of amides is 1. The van der Waals surface area contributed by atoms with E-state index in [4.69, 9.17) is 4.74 Å². The van der Waals surface area contributed by atoms with Gasteiger partial charge < -0.3 is 19.9 Å². The molecule has 1 aromatic rings. The van der Waals surface area contributed by atoms with Crippen LogP contribution in [0, 0.1) is 5.82 Å². The van der Waals surface area contributed by atoms with E-state index in [1.807, 2.05) is 11.0 Å². The van der Waals surface area contributed by atoms with Crippen molar-refractivity contribution in [2.24, 2.45) is 4.99 Å². The number of nitrogens with one attached hydrogen (secondary N) is 1. The number of hydrogen-bond donors (Lipinski definition) is 1. The molecule has 6 nitrogen and oxygen atoms in total. The van der Waals surface area contributed by atoms with Gasteiger partial charge in [0.05, 0.1) is 0 Å². The highest BCUT2D eigenvalue weighted by atomic mass is 19.1. The van der Waals surface area contributed by atoms with Crippen molar-refractivity contribution >= 4 is 11.9 Å². The van der Waals surface area contributed by atoms with Crippen LogP contribution in [0.5, 0.6) is 0 Å². The van der Waals surface area contributed by atoms with Crippen molar-refractivity contribution in [3.05, 3.63) is 35.6 Å². The Kier molecular flexibility index (Phi) is 6.44. The molecule has 0 bridgehead atoms. The Balaban J connectivity index is 1.44. The van der Waals surface area contributed by atoms with Crippen LogP contribution in [0.25, 0.3) is 0 Å². The summed E-state index contributed by atoms with van der Waals surface area (Å²) in [5, 5.41) is 3.33. The number of hydrogen-bond acceptors (Lipinski definition) is 3. The Labute approximate surface area is 154 Å². The first-order valence-corrected chi connectivity index (χ1v) is 9.28. The number of halogens is 1. The Morgan fingerprint density at radius 1 is 1.31 bits per heavy atom. The van der Waals surface area contributed by atoms with Crippen LogP contribution in [-0.4, -0.2) is 74.1 Å². The minimum atomic E-state index is -0.245. The molecule has 0 radical (unpaired) electrons. The summed E-state index contributed by atoms with van der Waals surface area (Å²) in [7, 11) is 1.76. The summed E-state index contributed by atoms with van der Waals surface area (Å²) in [6, 6.07) is 6.65. The summed E-state index contributed by atoms with van der Waals surface area (Å²) in [6.45, 7) is 4.24. The number of ether oxygens (including phenoxy) is 1. The van der Waals surface area contributed by atoms with Crippen LogP contribution < -0.4 is 5.32 Å². The summed E-state index contributed by atoms with van der Waals surface area (Å²) >= 11 is 0. The molecule has 0 saturated carbocycles. The maximum Gasteiger partial charge on any atom is 0.251 e. The number of guanidine groups is 1. The first-order chi connectivity index (χ1) is 12.7. The van der Waals surface area contributed by atoms with Crippen LogP contribution in [0.15, 0.2) is 29.3 Å². The van der Waals surface area contributed by atoms with E-state index in [9.17, 15) is 9.18 Å². The molecular weight excluding hydrogens is 335 g/mol. The minimum absolute atomic E-state index is 0.121. The van der Waals surface area contributed by atoms with Gasteiger partial charge in [0.15, 0.2) is 5.96 Å². The Morgan fingerprint density at radius 2 is 2.08 bits per heavy atom. The maximum atomic E-state index is 13.2. The summed E-state index contributed by atoms with van der Waals surface area (Å²) in [4.78, 5) is 20.8. The van der Waals surface area contributed by atoms with Gasteiger partial charge in [0, 0.05) is 46.4 Å². The minimum Gasteiger partial charge on any atom is -0.368 e. The number of aliphatic imine (C=N–C) groups is 1. The van der Waals surface area contributed by atoms with Crippen LogP contribution >= 0.6 is 0 Å². The summed E-state index contributed by atoms with van der Waals surface area (Å²) in [5.74, 6) is 0.737. The van der Waals surface area contributed by atoms with E-state index in [2.05, 4.69) is 15.2 Å². The smallest absolute Gasteiger partial charge is 0.251 e. The van der Waals surface area contributed by atoms with E-state index < -0.39 is 0 Å². The third-order valence-electron chi connectivity index (χ3n) is 4.89. The second kappa shape index (κ2) is 8.98. The highest BCUT2D eigenvalue weighted by Crippen LogP contribution is 2.16. The Morgan fingerprint density at radius 3 is 2.73 bits per heavy atom. The molecule has 1 atom stereocenters. The average Bonchev–Trinajstić information content (AvgIpc) is 3.20. The lowest BCUT2D eigenvalue weighted by atomic mass is 10.1. The SMILES string of the molecule is CN=C(NCCc1cccc(F)c1)N1CCN(C(=O)C2CCCO2)CC1. The molecule has 7 heteroatoms. The molecule has 0 aromatic heterocycles. The highest BCUT2D eigenvalue weighted by Gasteiger charge is 2.30. The maximum absolute atomic E-state index is 13.2. The molecule has 142 valence electrons. The molecule has 1 unspecified atom stereocenters. The van der Waals surface area contributed by atoms with Gasteiger partial charge in [0.25, 0.3) is 5.91 Å². The molecule has 2 heterocycles. The first kappa shape index (κ1) is 18.6. The second-order valence-electron chi connectivity index (χ2n) is 6.67.